The van der Waals surface area contributed by atoms with Crippen molar-refractivity contribution in [3.63, 3.8) is 0 Å². The van der Waals surface area contributed by atoms with Crippen LogP contribution < -0.4 is 5.32 Å². The van der Waals surface area contributed by atoms with E-state index < -0.39 is 11.9 Å². The highest BCUT2D eigenvalue weighted by atomic mass is 35.5. The predicted octanol–water partition coefficient (Wildman–Crippen LogP) is 3.75. The Hall–Kier alpha value is -2.02. The second-order valence-corrected chi connectivity index (χ2v) is 6.48. The monoisotopic (exact) mass is 371 g/mol. The zero-order valence-corrected chi connectivity index (χ0v) is 14.1. The van der Waals surface area contributed by atoms with Crippen molar-refractivity contribution in [2.45, 2.75) is 44.9 Å². The van der Waals surface area contributed by atoms with Crippen LogP contribution >= 0.6 is 11.6 Å². The standard InChI is InChI=1S/C17H17ClF3N3O/c18-12-5-3-4-11(8-12)9-22-15(25)10-24-14-7-2-1-6-13(14)16(23-24)17(19,20)21/h3-5,8H,1-2,6-7,9-10H2,(H,22,25). The zero-order chi connectivity index (χ0) is 18.0. The second kappa shape index (κ2) is 7.07. The molecule has 0 aliphatic heterocycles. The third kappa shape index (κ3) is 4.15. The molecule has 1 aromatic carbocycles. The lowest BCUT2D eigenvalue weighted by molar-refractivity contribution is -0.142. The molecule has 0 saturated carbocycles. The summed E-state index contributed by atoms with van der Waals surface area (Å²) >= 11 is 5.88. The number of benzene rings is 1. The molecule has 134 valence electrons. The maximum atomic E-state index is 13.1. The van der Waals surface area contributed by atoms with Gasteiger partial charge in [-0.1, -0.05) is 23.7 Å². The van der Waals surface area contributed by atoms with Crippen LogP contribution in [0.1, 0.15) is 35.4 Å². The van der Waals surface area contributed by atoms with Crippen molar-refractivity contribution >= 4 is 17.5 Å². The largest absolute Gasteiger partial charge is 0.435 e. The molecule has 0 spiro atoms. The van der Waals surface area contributed by atoms with Gasteiger partial charge in [0.2, 0.25) is 5.91 Å². The Labute approximate surface area is 148 Å². The summed E-state index contributed by atoms with van der Waals surface area (Å²) in [6.45, 7) is 0.0357. The number of halogens is 4. The highest BCUT2D eigenvalue weighted by Gasteiger charge is 2.39. The normalized spacial score (nSPS) is 14.2. The molecule has 1 aliphatic carbocycles. The van der Waals surface area contributed by atoms with Gasteiger partial charge in [0.25, 0.3) is 0 Å². The van der Waals surface area contributed by atoms with Gasteiger partial charge in [-0.2, -0.15) is 18.3 Å². The van der Waals surface area contributed by atoms with Crippen LogP contribution in [0.4, 0.5) is 13.2 Å². The van der Waals surface area contributed by atoms with Crippen LogP contribution in [0.15, 0.2) is 24.3 Å². The molecule has 0 atom stereocenters. The molecule has 0 unspecified atom stereocenters. The maximum Gasteiger partial charge on any atom is 0.435 e. The van der Waals surface area contributed by atoms with Gasteiger partial charge in [-0.05, 0) is 43.4 Å². The lowest BCUT2D eigenvalue weighted by Gasteiger charge is -2.14. The van der Waals surface area contributed by atoms with Gasteiger partial charge in [0.05, 0.1) is 0 Å². The van der Waals surface area contributed by atoms with E-state index in [4.69, 9.17) is 11.6 Å². The van der Waals surface area contributed by atoms with Crippen molar-refractivity contribution in [1.29, 1.82) is 0 Å². The van der Waals surface area contributed by atoms with Gasteiger partial charge in [-0.25, -0.2) is 0 Å². The van der Waals surface area contributed by atoms with E-state index in [9.17, 15) is 18.0 Å². The molecule has 1 aliphatic rings. The van der Waals surface area contributed by atoms with E-state index in [1.165, 1.54) is 4.68 Å². The fourth-order valence-corrected chi connectivity index (χ4v) is 3.28. The van der Waals surface area contributed by atoms with E-state index in [2.05, 4.69) is 10.4 Å². The predicted molar refractivity (Wildman–Crippen MR) is 87.2 cm³/mol. The molecular formula is C17H17ClF3N3O. The molecular weight excluding hydrogens is 355 g/mol. The first-order chi connectivity index (χ1) is 11.8. The van der Waals surface area contributed by atoms with Crippen molar-refractivity contribution in [1.82, 2.24) is 15.1 Å². The van der Waals surface area contributed by atoms with Crippen LogP contribution in [-0.4, -0.2) is 15.7 Å². The first kappa shape index (κ1) is 17.8. The number of hydrogen-bond acceptors (Lipinski definition) is 2. The number of hydrogen-bond donors (Lipinski definition) is 1. The van der Waals surface area contributed by atoms with Crippen LogP contribution in [0.25, 0.3) is 0 Å². The summed E-state index contributed by atoms with van der Waals surface area (Å²) in [6.07, 6.45) is -2.11. The van der Waals surface area contributed by atoms with E-state index in [-0.39, 0.29) is 24.6 Å². The molecule has 0 fully saturated rings. The van der Waals surface area contributed by atoms with Crippen molar-refractivity contribution < 1.29 is 18.0 Å². The SMILES string of the molecule is O=C(Cn1nc(C(F)(F)F)c2c1CCCC2)NCc1cccc(Cl)c1. The maximum absolute atomic E-state index is 13.1. The van der Waals surface area contributed by atoms with Crippen molar-refractivity contribution in [2.75, 3.05) is 0 Å². The molecule has 25 heavy (non-hydrogen) atoms. The van der Waals surface area contributed by atoms with Gasteiger partial charge in [0.15, 0.2) is 5.69 Å². The molecule has 1 N–H and O–H groups in total. The van der Waals surface area contributed by atoms with Crippen molar-refractivity contribution in [3.8, 4) is 0 Å². The van der Waals surface area contributed by atoms with Crippen molar-refractivity contribution in [2.24, 2.45) is 0 Å². The summed E-state index contributed by atoms with van der Waals surface area (Å²) in [5.74, 6) is -0.385. The Balaban J connectivity index is 1.72. The van der Waals surface area contributed by atoms with Gasteiger partial charge < -0.3 is 5.32 Å². The minimum Gasteiger partial charge on any atom is -0.350 e. The number of carbonyl (C=O) groups is 1. The van der Waals surface area contributed by atoms with Crippen LogP contribution in [0.5, 0.6) is 0 Å². The second-order valence-electron chi connectivity index (χ2n) is 6.04. The molecule has 1 amide bonds. The average molecular weight is 372 g/mol. The lowest BCUT2D eigenvalue weighted by atomic mass is 9.95. The number of nitrogens with one attached hydrogen (secondary N) is 1. The molecule has 1 heterocycles. The summed E-state index contributed by atoms with van der Waals surface area (Å²) < 4.78 is 40.6. The Bertz CT molecular complexity index is 786. The number of alkyl halides is 3. The molecule has 2 aromatic rings. The molecule has 3 rings (SSSR count). The smallest absolute Gasteiger partial charge is 0.350 e. The highest BCUT2D eigenvalue weighted by Crippen LogP contribution is 2.35. The molecule has 4 nitrogen and oxygen atoms in total. The molecule has 0 radical (unpaired) electrons. The summed E-state index contributed by atoms with van der Waals surface area (Å²) in [4.78, 5) is 12.1. The molecule has 8 heteroatoms. The Morgan fingerprint density at radius 3 is 2.76 bits per heavy atom. The number of nitrogens with zero attached hydrogens (tertiary/aromatic N) is 2. The third-order valence-corrected chi connectivity index (χ3v) is 4.43. The fourth-order valence-electron chi connectivity index (χ4n) is 3.07. The zero-order valence-electron chi connectivity index (χ0n) is 13.4. The molecule has 0 saturated heterocycles. The first-order valence-electron chi connectivity index (χ1n) is 8.01. The van der Waals surface area contributed by atoms with Crippen LogP contribution in [0, 0.1) is 0 Å². The van der Waals surface area contributed by atoms with Gasteiger partial charge in [-0.3, -0.25) is 9.48 Å². The minimum absolute atomic E-state index is 0.223. The first-order valence-corrected chi connectivity index (χ1v) is 8.39. The van der Waals surface area contributed by atoms with E-state index in [1.807, 2.05) is 6.07 Å². The average Bonchev–Trinajstić information content (AvgIpc) is 2.92. The number of amides is 1. The van der Waals surface area contributed by atoms with Gasteiger partial charge in [-0.15, -0.1) is 0 Å². The molecule has 1 aromatic heterocycles. The van der Waals surface area contributed by atoms with Gasteiger partial charge in [0, 0.05) is 22.8 Å². The topological polar surface area (TPSA) is 46.9 Å². The highest BCUT2D eigenvalue weighted by molar-refractivity contribution is 6.30. The van der Waals surface area contributed by atoms with E-state index in [1.54, 1.807) is 18.2 Å². The van der Waals surface area contributed by atoms with E-state index >= 15 is 0 Å². The lowest BCUT2D eigenvalue weighted by Crippen LogP contribution is -2.28. The van der Waals surface area contributed by atoms with Crippen LogP contribution in [0.3, 0.4) is 0 Å². The van der Waals surface area contributed by atoms with Crippen LogP contribution in [0.2, 0.25) is 5.02 Å². The number of aromatic nitrogens is 2. The fraction of sp³-hybridized carbons (Fsp3) is 0.412. The van der Waals surface area contributed by atoms with Gasteiger partial charge in [0.1, 0.15) is 6.54 Å². The Kier molecular flexibility index (Phi) is 5.03. The third-order valence-electron chi connectivity index (χ3n) is 4.20. The summed E-state index contributed by atoms with van der Waals surface area (Å²) in [6, 6.07) is 7.02. The van der Waals surface area contributed by atoms with Gasteiger partial charge >= 0.3 is 6.18 Å². The Morgan fingerprint density at radius 2 is 2.04 bits per heavy atom. The van der Waals surface area contributed by atoms with E-state index in [0.717, 1.165) is 12.0 Å². The quantitative estimate of drug-likeness (QED) is 0.889. The molecule has 0 bridgehead atoms. The summed E-state index contributed by atoms with van der Waals surface area (Å²) in [5, 5.41) is 6.93. The number of fused-ring (bicyclic) bond motifs is 1. The number of rotatable bonds is 4. The van der Waals surface area contributed by atoms with E-state index in [0.29, 0.717) is 30.0 Å². The van der Waals surface area contributed by atoms with Crippen LogP contribution in [-0.2, 0) is 36.9 Å². The number of carbonyl (C=O) groups excluding carboxylic acids is 1. The summed E-state index contributed by atoms with van der Waals surface area (Å²) in [7, 11) is 0. The Morgan fingerprint density at radius 1 is 1.28 bits per heavy atom. The summed E-state index contributed by atoms with van der Waals surface area (Å²) in [5.41, 5.74) is 0.724. The van der Waals surface area contributed by atoms with Crippen molar-refractivity contribution in [3.05, 3.63) is 51.8 Å². The minimum atomic E-state index is -4.50.